The molecule has 1 saturated heterocycles. The van der Waals surface area contributed by atoms with E-state index in [1.54, 1.807) is 6.20 Å². The van der Waals surface area contributed by atoms with Crippen LogP contribution in [-0.2, 0) is 11.3 Å². The third-order valence-electron chi connectivity index (χ3n) is 4.54. The van der Waals surface area contributed by atoms with Gasteiger partial charge in [-0.25, -0.2) is 9.78 Å². The van der Waals surface area contributed by atoms with Gasteiger partial charge in [0.1, 0.15) is 6.10 Å². The fourth-order valence-corrected chi connectivity index (χ4v) is 3.40. The summed E-state index contributed by atoms with van der Waals surface area (Å²) < 4.78 is 11.5. The van der Waals surface area contributed by atoms with Gasteiger partial charge in [-0.1, -0.05) is 6.07 Å². The molecule has 3 rings (SSSR count). The molecule has 2 unspecified atom stereocenters. The highest BCUT2D eigenvalue weighted by atomic mass is 16.5. The van der Waals surface area contributed by atoms with Crippen molar-refractivity contribution in [3.8, 4) is 5.88 Å². The molecule has 1 aliphatic heterocycles. The van der Waals surface area contributed by atoms with Gasteiger partial charge >= 0.3 is 6.03 Å². The van der Waals surface area contributed by atoms with Gasteiger partial charge in [-0.05, 0) is 45.1 Å². The smallest absolute Gasteiger partial charge is 0.317 e. The van der Waals surface area contributed by atoms with E-state index in [1.165, 1.54) is 12.8 Å². The molecule has 132 valence electrons. The Morgan fingerprint density at radius 2 is 2.00 bits per heavy atom. The number of pyridine rings is 1. The number of aromatic nitrogens is 1. The minimum absolute atomic E-state index is 0.0525. The van der Waals surface area contributed by atoms with Crippen molar-refractivity contribution in [2.75, 3.05) is 13.1 Å². The molecule has 24 heavy (non-hydrogen) atoms. The van der Waals surface area contributed by atoms with E-state index in [9.17, 15) is 4.79 Å². The van der Waals surface area contributed by atoms with Crippen LogP contribution in [0.2, 0.25) is 0 Å². The second-order valence-corrected chi connectivity index (χ2v) is 6.85. The second kappa shape index (κ2) is 7.83. The van der Waals surface area contributed by atoms with Crippen molar-refractivity contribution < 1.29 is 14.3 Å². The molecule has 1 saturated carbocycles. The van der Waals surface area contributed by atoms with Crippen molar-refractivity contribution >= 4 is 6.03 Å². The van der Waals surface area contributed by atoms with Crippen molar-refractivity contribution in [2.24, 2.45) is 0 Å². The number of ether oxygens (including phenoxy) is 2. The molecule has 2 atom stereocenters. The molecule has 6 heteroatoms. The van der Waals surface area contributed by atoms with Gasteiger partial charge in [-0.15, -0.1) is 0 Å². The molecule has 0 radical (unpaired) electrons. The Morgan fingerprint density at radius 1 is 1.29 bits per heavy atom. The number of amides is 2. The third-order valence-corrected chi connectivity index (χ3v) is 4.54. The highest BCUT2D eigenvalue weighted by Gasteiger charge is 2.25. The predicted octanol–water partition coefficient (Wildman–Crippen LogP) is 2.72. The molecule has 0 bridgehead atoms. The Labute approximate surface area is 143 Å². The summed E-state index contributed by atoms with van der Waals surface area (Å²) in [5, 5.41) is 2.95. The Hall–Kier alpha value is -1.82. The molecule has 2 fully saturated rings. The number of hydrogen-bond donors (Lipinski definition) is 1. The summed E-state index contributed by atoms with van der Waals surface area (Å²) in [4.78, 5) is 18.4. The lowest BCUT2D eigenvalue weighted by Crippen LogP contribution is -2.51. The van der Waals surface area contributed by atoms with Crippen LogP contribution in [-0.4, -0.2) is 47.3 Å². The lowest BCUT2D eigenvalue weighted by Gasteiger charge is -2.35. The van der Waals surface area contributed by atoms with Gasteiger partial charge in [0.15, 0.2) is 0 Å². The first-order valence-electron chi connectivity index (χ1n) is 8.90. The molecule has 1 aromatic heterocycles. The number of hydrogen-bond acceptors (Lipinski definition) is 4. The van der Waals surface area contributed by atoms with Crippen LogP contribution < -0.4 is 10.1 Å². The number of carbonyl (C=O) groups excluding carboxylic acids is 1. The minimum Gasteiger partial charge on any atom is -0.474 e. The maximum atomic E-state index is 12.3. The zero-order valence-corrected chi connectivity index (χ0v) is 14.5. The molecule has 2 amide bonds. The number of carbonyl (C=O) groups is 1. The van der Waals surface area contributed by atoms with Crippen LogP contribution in [0.15, 0.2) is 18.3 Å². The zero-order chi connectivity index (χ0) is 16.9. The highest BCUT2D eigenvalue weighted by Crippen LogP contribution is 2.22. The van der Waals surface area contributed by atoms with E-state index in [0.717, 1.165) is 18.4 Å². The average Bonchev–Trinajstić information content (AvgIpc) is 3.06. The van der Waals surface area contributed by atoms with Crippen LogP contribution >= 0.6 is 0 Å². The Morgan fingerprint density at radius 3 is 2.62 bits per heavy atom. The third kappa shape index (κ3) is 4.60. The molecule has 1 N–H and O–H groups in total. The summed E-state index contributed by atoms with van der Waals surface area (Å²) in [6.45, 7) is 5.70. The molecule has 2 aliphatic rings. The van der Waals surface area contributed by atoms with Crippen molar-refractivity contribution in [2.45, 2.75) is 64.4 Å². The Bertz CT molecular complexity index is 533. The SMILES string of the molecule is CC1CN(C(=O)NCc2ccc(OC3CCCC3)nc2)CC(C)O1. The van der Waals surface area contributed by atoms with Crippen LogP contribution in [0.3, 0.4) is 0 Å². The summed E-state index contributed by atoms with van der Waals surface area (Å²) in [6, 6.07) is 3.80. The number of rotatable bonds is 4. The normalized spacial score (nSPS) is 24.8. The van der Waals surface area contributed by atoms with Crippen LogP contribution in [0, 0.1) is 0 Å². The average molecular weight is 333 g/mol. The maximum Gasteiger partial charge on any atom is 0.317 e. The van der Waals surface area contributed by atoms with Crippen molar-refractivity contribution in [1.29, 1.82) is 0 Å². The van der Waals surface area contributed by atoms with E-state index in [-0.39, 0.29) is 18.2 Å². The summed E-state index contributed by atoms with van der Waals surface area (Å²) in [6.07, 6.45) is 6.97. The zero-order valence-electron chi connectivity index (χ0n) is 14.5. The molecular weight excluding hydrogens is 306 g/mol. The molecule has 0 aromatic carbocycles. The summed E-state index contributed by atoms with van der Waals surface area (Å²) in [5.41, 5.74) is 0.969. The fraction of sp³-hybridized carbons (Fsp3) is 0.667. The van der Waals surface area contributed by atoms with Gasteiger partial charge in [0.25, 0.3) is 0 Å². The number of nitrogens with one attached hydrogen (secondary N) is 1. The van der Waals surface area contributed by atoms with E-state index in [4.69, 9.17) is 9.47 Å². The van der Waals surface area contributed by atoms with Crippen molar-refractivity contribution in [3.63, 3.8) is 0 Å². The lowest BCUT2D eigenvalue weighted by atomic mass is 10.2. The highest BCUT2D eigenvalue weighted by molar-refractivity contribution is 5.74. The van der Waals surface area contributed by atoms with Gasteiger partial charge < -0.3 is 19.7 Å². The molecule has 1 aliphatic carbocycles. The van der Waals surface area contributed by atoms with E-state index in [0.29, 0.717) is 31.6 Å². The quantitative estimate of drug-likeness (QED) is 0.920. The van der Waals surface area contributed by atoms with Crippen LogP contribution in [0.4, 0.5) is 4.79 Å². The second-order valence-electron chi connectivity index (χ2n) is 6.85. The van der Waals surface area contributed by atoms with Crippen LogP contribution in [0.25, 0.3) is 0 Å². The lowest BCUT2D eigenvalue weighted by molar-refractivity contribution is -0.0545. The predicted molar refractivity (Wildman–Crippen MR) is 90.9 cm³/mol. The topological polar surface area (TPSA) is 63.7 Å². The Balaban J connectivity index is 1.46. The first-order chi connectivity index (χ1) is 11.6. The van der Waals surface area contributed by atoms with Gasteiger partial charge in [0, 0.05) is 31.9 Å². The number of urea groups is 1. The molecule has 1 aromatic rings. The standard InChI is InChI=1S/C18H27N3O3/c1-13-11-21(12-14(2)23-13)18(22)20-10-15-7-8-17(19-9-15)24-16-5-3-4-6-16/h7-9,13-14,16H,3-6,10-12H2,1-2H3,(H,20,22). The molecular formula is C18H27N3O3. The summed E-state index contributed by atoms with van der Waals surface area (Å²) >= 11 is 0. The number of morpholine rings is 1. The summed E-state index contributed by atoms with van der Waals surface area (Å²) in [7, 11) is 0. The van der Waals surface area contributed by atoms with E-state index in [1.807, 2.05) is 30.9 Å². The first kappa shape index (κ1) is 17.0. The largest absolute Gasteiger partial charge is 0.474 e. The monoisotopic (exact) mass is 333 g/mol. The first-order valence-corrected chi connectivity index (χ1v) is 8.90. The van der Waals surface area contributed by atoms with Crippen LogP contribution in [0.5, 0.6) is 5.88 Å². The van der Waals surface area contributed by atoms with Gasteiger partial charge in [-0.3, -0.25) is 0 Å². The van der Waals surface area contributed by atoms with Gasteiger partial charge in [0.2, 0.25) is 5.88 Å². The fourth-order valence-electron chi connectivity index (χ4n) is 3.40. The molecule has 0 spiro atoms. The molecule has 2 heterocycles. The van der Waals surface area contributed by atoms with E-state index >= 15 is 0 Å². The minimum atomic E-state index is -0.0525. The number of nitrogens with zero attached hydrogens (tertiary/aromatic N) is 2. The Kier molecular flexibility index (Phi) is 5.56. The van der Waals surface area contributed by atoms with Crippen molar-refractivity contribution in [3.05, 3.63) is 23.9 Å². The van der Waals surface area contributed by atoms with Crippen molar-refractivity contribution in [1.82, 2.24) is 15.2 Å². The van der Waals surface area contributed by atoms with Gasteiger partial charge in [-0.2, -0.15) is 0 Å². The molecule has 6 nitrogen and oxygen atoms in total. The van der Waals surface area contributed by atoms with E-state index < -0.39 is 0 Å². The van der Waals surface area contributed by atoms with Crippen LogP contribution in [0.1, 0.15) is 45.1 Å². The summed E-state index contributed by atoms with van der Waals surface area (Å²) in [5.74, 6) is 0.674. The maximum absolute atomic E-state index is 12.3. The van der Waals surface area contributed by atoms with Gasteiger partial charge in [0.05, 0.1) is 12.2 Å². The van der Waals surface area contributed by atoms with E-state index in [2.05, 4.69) is 10.3 Å².